The summed E-state index contributed by atoms with van der Waals surface area (Å²) in [6.45, 7) is 2.00. The van der Waals surface area contributed by atoms with Gasteiger partial charge in [-0.15, -0.1) is 0 Å². The van der Waals surface area contributed by atoms with Gasteiger partial charge in [0.05, 0.1) is 0 Å². The summed E-state index contributed by atoms with van der Waals surface area (Å²) >= 11 is 0. The molecule has 0 saturated carbocycles. The van der Waals surface area contributed by atoms with E-state index in [1.54, 1.807) is 31.2 Å². The molecule has 0 unspecified atom stereocenters. The van der Waals surface area contributed by atoms with E-state index in [2.05, 4.69) is 5.32 Å². The van der Waals surface area contributed by atoms with E-state index in [1.165, 1.54) is 24.4 Å². The van der Waals surface area contributed by atoms with Crippen LogP contribution in [0.25, 0.3) is 0 Å². The number of ether oxygens (including phenoxy) is 2. The van der Waals surface area contributed by atoms with E-state index in [-0.39, 0.29) is 18.9 Å². The predicted molar refractivity (Wildman–Crippen MR) is 110 cm³/mol. The number of Topliss-reactive ketones (excluding diaryl/α,β-unsaturated/α-hetero) is 1. The number of nitrogens with one attached hydrogen (secondary N) is 1. The first-order valence-corrected chi connectivity index (χ1v) is 9.57. The van der Waals surface area contributed by atoms with Gasteiger partial charge in [-0.05, 0) is 54.4 Å². The van der Waals surface area contributed by atoms with Crippen molar-refractivity contribution in [1.29, 1.82) is 0 Å². The maximum absolute atomic E-state index is 13.3. The molecule has 0 spiro atoms. The number of rotatable bonds is 6. The summed E-state index contributed by atoms with van der Waals surface area (Å²) in [5, 5.41) is 2.71. The molecule has 1 aliphatic rings. The first-order chi connectivity index (χ1) is 14.9. The number of fused-ring (bicyclic) bond motifs is 1. The molecule has 2 heterocycles. The predicted octanol–water partition coefficient (Wildman–Crippen LogP) is 2.76. The van der Waals surface area contributed by atoms with Crippen LogP contribution < -0.4 is 20.3 Å². The number of carbonyl (C=O) groups excluding carboxylic acids is 2. The van der Waals surface area contributed by atoms with Crippen LogP contribution in [-0.2, 0) is 11.3 Å². The quantitative estimate of drug-likeness (QED) is 0.488. The van der Waals surface area contributed by atoms with Crippen molar-refractivity contribution in [3.63, 3.8) is 0 Å². The number of nitrogens with zero attached hydrogens (tertiary/aromatic N) is 1. The molecule has 1 amide bonds. The number of aromatic nitrogens is 1. The van der Waals surface area contributed by atoms with Gasteiger partial charge in [-0.25, -0.2) is 4.39 Å². The minimum Gasteiger partial charge on any atom is -0.454 e. The first-order valence-electron chi connectivity index (χ1n) is 9.57. The number of carbonyl (C=O) groups is 2. The van der Waals surface area contributed by atoms with E-state index >= 15 is 0 Å². The van der Waals surface area contributed by atoms with Crippen LogP contribution >= 0.6 is 0 Å². The van der Waals surface area contributed by atoms with Crippen molar-refractivity contribution >= 4 is 11.7 Å². The van der Waals surface area contributed by atoms with Crippen molar-refractivity contribution in [2.75, 3.05) is 6.79 Å². The van der Waals surface area contributed by atoms with Crippen LogP contribution in [-0.4, -0.2) is 23.1 Å². The van der Waals surface area contributed by atoms with Crippen molar-refractivity contribution in [2.24, 2.45) is 0 Å². The summed E-state index contributed by atoms with van der Waals surface area (Å²) in [6.07, 6.45) is 1.45. The van der Waals surface area contributed by atoms with Crippen molar-refractivity contribution in [3.05, 3.63) is 93.7 Å². The topological polar surface area (TPSA) is 86.6 Å². The molecule has 0 radical (unpaired) electrons. The largest absolute Gasteiger partial charge is 0.454 e. The lowest BCUT2D eigenvalue weighted by Crippen LogP contribution is -2.41. The van der Waals surface area contributed by atoms with Crippen LogP contribution in [0.15, 0.2) is 65.6 Å². The molecule has 1 aliphatic heterocycles. The zero-order chi connectivity index (χ0) is 22.0. The van der Waals surface area contributed by atoms with Gasteiger partial charge in [0.1, 0.15) is 5.82 Å². The number of aryl methyl sites for hydroxylation is 1. The number of pyridine rings is 1. The highest BCUT2D eigenvalue weighted by atomic mass is 19.1. The first kappa shape index (κ1) is 20.3. The maximum atomic E-state index is 13.3. The Labute approximate surface area is 177 Å². The number of hydrogen-bond acceptors (Lipinski definition) is 5. The van der Waals surface area contributed by atoms with E-state index in [0.717, 1.165) is 22.3 Å². The second kappa shape index (κ2) is 8.43. The van der Waals surface area contributed by atoms with Crippen LogP contribution in [0.2, 0.25) is 0 Å². The lowest BCUT2D eigenvalue weighted by Gasteiger charge is -2.19. The minimum absolute atomic E-state index is 0.114. The SMILES string of the molecule is Cc1ccc(=O)n([C@H](C(=O)NCc2ccc3c(c2)OCO3)C(=O)c2ccc(F)cc2)c1. The molecule has 3 aromatic rings. The third kappa shape index (κ3) is 4.32. The molecular formula is C23H19FN2O5. The Bertz CT molecular complexity index is 1200. The number of amides is 1. The third-order valence-corrected chi connectivity index (χ3v) is 4.89. The van der Waals surface area contributed by atoms with Gasteiger partial charge in [0.15, 0.2) is 23.3 Å². The Morgan fingerprint density at radius 1 is 1.06 bits per heavy atom. The molecule has 7 nitrogen and oxygen atoms in total. The fourth-order valence-corrected chi connectivity index (χ4v) is 3.30. The molecular weight excluding hydrogens is 403 g/mol. The highest BCUT2D eigenvalue weighted by Crippen LogP contribution is 2.32. The Balaban J connectivity index is 1.62. The molecule has 1 N–H and O–H groups in total. The molecule has 0 bridgehead atoms. The molecule has 2 aromatic carbocycles. The van der Waals surface area contributed by atoms with Gasteiger partial charge in [-0.2, -0.15) is 0 Å². The van der Waals surface area contributed by atoms with Crippen molar-refractivity contribution in [1.82, 2.24) is 9.88 Å². The van der Waals surface area contributed by atoms with Crippen molar-refractivity contribution in [2.45, 2.75) is 19.5 Å². The Morgan fingerprint density at radius 3 is 2.58 bits per heavy atom. The van der Waals surface area contributed by atoms with E-state index in [4.69, 9.17) is 9.47 Å². The van der Waals surface area contributed by atoms with E-state index in [1.807, 2.05) is 0 Å². The van der Waals surface area contributed by atoms with Crippen molar-refractivity contribution < 1.29 is 23.5 Å². The second-order valence-corrected chi connectivity index (χ2v) is 7.13. The van der Waals surface area contributed by atoms with Crippen LogP contribution in [0.1, 0.15) is 27.5 Å². The summed E-state index contributed by atoms with van der Waals surface area (Å²) in [4.78, 5) is 38.7. The van der Waals surface area contributed by atoms with Crippen LogP contribution in [0.3, 0.4) is 0 Å². The number of benzene rings is 2. The summed E-state index contributed by atoms with van der Waals surface area (Å²) in [7, 11) is 0. The van der Waals surface area contributed by atoms with Crippen LogP contribution in [0, 0.1) is 12.7 Å². The number of ketones is 1. The molecule has 158 valence electrons. The van der Waals surface area contributed by atoms with Gasteiger partial charge >= 0.3 is 0 Å². The second-order valence-electron chi connectivity index (χ2n) is 7.13. The summed E-state index contributed by atoms with van der Waals surface area (Å²) in [5.74, 6) is -0.588. The lowest BCUT2D eigenvalue weighted by atomic mass is 10.0. The average molecular weight is 422 g/mol. The van der Waals surface area contributed by atoms with E-state index < -0.39 is 29.1 Å². The fraction of sp³-hybridized carbons (Fsp3) is 0.174. The normalized spacial score (nSPS) is 13.0. The maximum Gasteiger partial charge on any atom is 0.251 e. The highest BCUT2D eigenvalue weighted by molar-refractivity contribution is 6.11. The molecule has 0 fully saturated rings. The van der Waals surface area contributed by atoms with Gasteiger partial charge in [0.25, 0.3) is 11.5 Å². The van der Waals surface area contributed by atoms with Gasteiger partial charge in [0, 0.05) is 24.4 Å². The minimum atomic E-state index is -1.44. The fourth-order valence-electron chi connectivity index (χ4n) is 3.30. The van der Waals surface area contributed by atoms with Gasteiger partial charge in [-0.1, -0.05) is 12.1 Å². The monoisotopic (exact) mass is 422 g/mol. The summed E-state index contributed by atoms with van der Waals surface area (Å²) in [5.41, 5.74) is 1.07. The smallest absolute Gasteiger partial charge is 0.251 e. The molecule has 0 saturated heterocycles. The Hall–Kier alpha value is -3.94. The van der Waals surface area contributed by atoms with Crippen molar-refractivity contribution in [3.8, 4) is 11.5 Å². The molecule has 1 atom stereocenters. The van der Waals surface area contributed by atoms with Crippen LogP contribution in [0.4, 0.5) is 4.39 Å². The number of halogens is 1. The summed E-state index contributed by atoms with van der Waals surface area (Å²) in [6, 6.07) is 11.5. The molecule has 1 aromatic heterocycles. The Morgan fingerprint density at radius 2 is 1.81 bits per heavy atom. The van der Waals surface area contributed by atoms with E-state index in [9.17, 15) is 18.8 Å². The van der Waals surface area contributed by atoms with Gasteiger partial charge < -0.3 is 14.8 Å². The molecule has 4 rings (SSSR count). The standard InChI is InChI=1S/C23H19FN2O5/c1-14-2-9-20(27)26(12-14)21(22(28)16-4-6-17(24)7-5-16)23(29)25-11-15-3-8-18-19(10-15)31-13-30-18/h2-10,12,21H,11,13H2,1H3,(H,25,29)/t21-/m0/s1. The zero-order valence-electron chi connectivity index (χ0n) is 16.6. The van der Waals surface area contributed by atoms with E-state index in [0.29, 0.717) is 17.1 Å². The Kier molecular flexibility index (Phi) is 5.53. The zero-order valence-corrected chi connectivity index (χ0v) is 16.6. The third-order valence-electron chi connectivity index (χ3n) is 4.89. The molecule has 0 aliphatic carbocycles. The highest BCUT2D eigenvalue weighted by Gasteiger charge is 2.30. The van der Waals surface area contributed by atoms with Gasteiger partial charge in [0.2, 0.25) is 6.79 Å². The van der Waals surface area contributed by atoms with Crippen LogP contribution in [0.5, 0.6) is 11.5 Å². The number of hydrogen-bond donors (Lipinski definition) is 1. The van der Waals surface area contributed by atoms with Gasteiger partial charge in [-0.3, -0.25) is 19.0 Å². The summed E-state index contributed by atoms with van der Waals surface area (Å²) < 4.78 is 25.0. The lowest BCUT2D eigenvalue weighted by molar-refractivity contribution is -0.123. The average Bonchev–Trinajstić information content (AvgIpc) is 3.23. The molecule has 8 heteroatoms. The molecule has 31 heavy (non-hydrogen) atoms.